The fourth-order valence-electron chi connectivity index (χ4n) is 3.74. The Morgan fingerprint density at radius 2 is 1.83 bits per heavy atom. The van der Waals surface area contributed by atoms with Gasteiger partial charge in [0.25, 0.3) is 0 Å². The van der Waals surface area contributed by atoms with Gasteiger partial charge in [0.1, 0.15) is 11.6 Å². The topological polar surface area (TPSA) is 66.4 Å². The number of nitrogens with one attached hydrogen (secondary N) is 1. The molecule has 2 aliphatic carbocycles. The molecule has 1 aromatic carbocycles. The summed E-state index contributed by atoms with van der Waals surface area (Å²) in [5.74, 6) is -2.89. The maximum atomic E-state index is 14.2. The Kier molecular flexibility index (Phi) is 4.08. The van der Waals surface area contributed by atoms with E-state index in [-0.39, 0.29) is 17.5 Å². The van der Waals surface area contributed by atoms with Gasteiger partial charge in [0.05, 0.1) is 11.3 Å². The van der Waals surface area contributed by atoms with Gasteiger partial charge in [0, 0.05) is 17.7 Å². The molecule has 4 nitrogen and oxygen atoms in total. The van der Waals surface area contributed by atoms with E-state index in [2.05, 4.69) is 5.32 Å². The molecule has 0 atom stereocenters. The molecule has 0 aromatic heterocycles. The Hall–Kier alpha value is -1.98. The van der Waals surface area contributed by atoms with Crippen molar-refractivity contribution in [3.8, 4) is 0 Å². The van der Waals surface area contributed by atoms with E-state index >= 15 is 0 Å². The molecule has 23 heavy (non-hydrogen) atoms. The molecular weight excluding hydrogens is 304 g/mol. The summed E-state index contributed by atoms with van der Waals surface area (Å²) >= 11 is 0. The van der Waals surface area contributed by atoms with Crippen LogP contribution in [-0.4, -0.2) is 23.0 Å². The fraction of sp³-hybridized carbons (Fsp3) is 0.529. The van der Waals surface area contributed by atoms with Gasteiger partial charge in [-0.1, -0.05) is 18.9 Å². The summed E-state index contributed by atoms with van der Waals surface area (Å²) in [6, 6.07) is 3.17. The van der Waals surface area contributed by atoms with Gasteiger partial charge in [-0.2, -0.15) is 0 Å². The fourth-order valence-corrected chi connectivity index (χ4v) is 3.74. The number of carbonyl (C=O) groups is 2. The number of halogens is 2. The van der Waals surface area contributed by atoms with Crippen molar-refractivity contribution in [1.29, 1.82) is 0 Å². The number of carbonyl (C=O) groups excluding carboxylic acids is 1. The SMILES string of the molecule is O=C(O)C1CC(NC(=O)C2(c3ccc(F)cc3F)CCCC2)C1. The zero-order chi connectivity index (χ0) is 16.6. The Bertz CT molecular complexity index is 635. The second-order valence-corrected chi connectivity index (χ2v) is 6.59. The highest BCUT2D eigenvalue weighted by Gasteiger charge is 2.46. The minimum atomic E-state index is -0.966. The van der Waals surface area contributed by atoms with Crippen LogP contribution in [0.2, 0.25) is 0 Å². The van der Waals surface area contributed by atoms with Gasteiger partial charge in [-0.3, -0.25) is 9.59 Å². The molecule has 1 amide bonds. The smallest absolute Gasteiger partial charge is 0.306 e. The molecule has 3 rings (SSSR count). The summed E-state index contributed by atoms with van der Waals surface area (Å²) in [5, 5.41) is 11.8. The van der Waals surface area contributed by atoms with Crippen LogP contribution in [0.15, 0.2) is 18.2 Å². The highest BCUT2D eigenvalue weighted by Crippen LogP contribution is 2.43. The number of carboxylic acids is 1. The standard InChI is InChI=1S/C17H19F2NO3/c18-11-3-4-13(14(19)9-11)17(5-1-2-6-17)16(23)20-12-7-10(8-12)15(21)22/h3-4,9-10,12H,1-2,5-8H2,(H,20,23)(H,21,22). The molecule has 0 aliphatic heterocycles. The van der Waals surface area contributed by atoms with Crippen LogP contribution in [0.3, 0.4) is 0 Å². The third-order valence-electron chi connectivity index (χ3n) is 5.16. The molecule has 0 heterocycles. The molecule has 2 fully saturated rings. The number of benzene rings is 1. The summed E-state index contributed by atoms with van der Waals surface area (Å²) in [6.07, 6.45) is 3.48. The van der Waals surface area contributed by atoms with Crippen molar-refractivity contribution in [3.05, 3.63) is 35.4 Å². The largest absolute Gasteiger partial charge is 0.481 e. The quantitative estimate of drug-likeness (QED) is 0.895. The lowest BCUT2D eigenvalue weighted by Crippen LogP contribution is -2.52. The lowest BCUT2D eigenvalue weighted by atomic mass is 9.75. The Morgan fingerprint density at radius 3 is 2.39 bits per heavy atom. The zero-order valence-electron chi connectivity index (χ0n) is 12.6. The van der Waals surface area contributed by atoms with E-state index in [0.717, 1.165) is 18.9 Å². The Labute approximate surface area is 132 Å². The van der Waals surface area contributed by atoms with E-state index in [9.17, 15) is 18.4 Å². The molecule has 0 spiro atoms. The van der Waals surface area contributed by atoms with Crippen LogP contribution in [-0.2, 0) is 15.0 Å². The first kappa shape index (κ1) is 15.9. The number of amides is 1. The molecule has 1 aromatic rings. The van der Waals surface area contributed by atoms with Crippen molar-refractivity contribution in [2.45, 2.75) is 50.0 Å². The molecular formula is C17H19F2NO3. The van der Waals surface area contributed by atoms with E-state index in [1.807, 2.05) is 0 Å². The Morgan fingerprint density at radius 1 is 1.17 bits per heavy atom. The van der Waals surface area contributed by atoms with E-state index in [4.69, 9.17) is 5.11 Å². The van der Waals surface area contributed by atoms with Crippen molar-refractivity contribution in [2.75, 3.05) is 0 Å². The molecule has 6 heteroatoms. The van der Waals surface area contributed by atoms with Crippen LogP contribution in [0.5, 0.6) is 0 Å². The zero-order valence-corrected chi connectivity index (χ0v) is 12.6. The molecule has 2 aliphatic rings. The van der Waals surface area contributed by atoms with Crippen molar-refractivity contribution in [3.63, 3.8) is 0 Å². The van der Waals surface area contributed by atoms with Gasteiger partial charge in [-0.25, -0.2) is 8.78 Å². The van der Waals surface area contributed by atoms with E-state index in [1.165, 1.54) is 12.1 Å². The molecule has 0 bridgehead atoms. The van der Waals surface area contributed by atoms with Crippen LogP contribution in [0.1, 0.15) is 44.1 Å². The van der Waals surface area contributed by atoms with Crippen molar-refractivity contribution >= 4 is 11.9 Å². The maximum absolute atomic E-state index is 14.2. The van der Waals surface area contributed by atoms with E-state index in [1.54, 1.807) is 0 Å². The lowest BCUT2D eigenvalue weighted by Gasteiger charge is -2.37. The van der Waals surface area contributed by atoms with Crippen LogP contribution in [0.25, 0.3) is 0 Å². The third-order valence-corrected chi connectivity index (χ3v) is 5.16. The van der Waals surface area contributed by atoms with Gasteiger partial charge >= 0.3 is 5.97 Å². The average molecular weight is 323 g/mol. The summed E-state index contributed by atoms with van der Waals surface area (Å²) in [4.78, 5) is 23.6. The number of hydrogen-bond donors (Lipinski definition) is 2. The first-order valence-electron chi connectivity index (χ1n) is 7.92. The maximum Gasteiger partial charge on any atom is 0.306 e. The van der Waals surface area contributed by atoms with Gasteiger partial charge in [0.2, 0.25) is 5.91 Å². The third kappa shape index (κ3) is 2.82. The average Bonchev–Trinajstić information content (AvgIpc) is 2.92. The van der Waals surface area contributed by atoms with Crippen molar-refractivity contribution in [1.82, 2.24) is 5.32 Å². The van der Waals surface area contributed by atoms with Crippen LogP contribution >= 0.6 is 0 Å². The first-order valence-corrected chi connectivity index (χ1v) is 7.92. The van der Waals surface area contributed by atoms with Crippen molar-refractivity contribution < 1.29 is 23.5 Å². The van der Waals surface area contributed by atoms with Crippen LogP contribution in [0, 0.1) is 17.6 Å². The summed E-state index contributed by atoms with van der Waals surface area (Å²) < 4.78 is 27.4. The molecule has 0 radical (unpaired) electrons. The second-order valence-electron chi connectivity index (χ2n) is 6.59. The molecule has 2 saturated carbocycles. The first-order chi connectivity index (χ1) is 10.9. The minimum absolute atomic E-state index is 0.176. The predicted octanol–water partition coefficient (Wildman–Crippen LogP) is 2.76. The van der Waals surface area contributed by atoms with Crippen LogP contribution < -0.4 is 5.32 Å². The monoisotopic (exact) mass is 323 g/mol. The van der Waals surface area contributed by atoms with Gasteiger partial charge in [-0.15, -0.1) is 0 Å². The number of rotatable bonds is 4. The van der Waals surface area contributed by atoms with E-state index in [0.29, 0.717) is 25.7 Å². The van der Waals surface area contributed by atoms with Crippen molar-refractivity contribution in [2.24, 2.45) is 5.92 Å². The highest BCUT2D eigenvalue weighted by molar-refractivity contribution is 5.89. The lowest BCUT2D eigenvalue weighted by molar-refractivity contribution is -0.146. The van der Waals surface area contributed by atoms with Gasteiger partial charge in [0.15, 0.2) is 0 Å². The van der Waals surface area contributed by atoms with Crippen LogP contribution in [0.4, 0.5) is 8.78 Å². The van der Waals surface area contributed by atoms with Gasteiger partial charge in [-0.05, 0) is 31.7 Å². The van der Waals surface area contributed by atoms with E-state index < -0.39 is 28.9 Å². The summed E-state index contributed by atoms with van der Waals surface area (Å²) in [5.41, 5.74) is -0.727. The number of aliphatic carboxylic acids is 1. The highest BCUT2D eigenvalue weighted by atomic mass is 19.1. The molecule has 124 valence electrons. The summed E-state index contributed by atoms with van der Waals surface area (Å²) in [6.45, 7) is 0. The number of hydrogen-bond acceptors (Lipinski definition) is 2. The Balaban J connectivity index is 1.78. The van der Waals surface area contributed by atoms with Gasteiger partial charge < -0.3 is 10.4 Å². The molecule has 2 N–H and O–H groups in total. The second kappa shape index (κ2) is 5.91. The normalized spacial score (nSPS) is 25.7. The molecule has 0 saturated heterocycles. The number of carboxylic acid groups (broad SMARTS) is 1. The predicted molar refractivity (Wildman–Crippen MR) is 78.8 cm³/mol. The minimum Gasteiger partial charge on any atom is -0.481 e. The summed E-state index contributed by atoms with van der Waals surface area (Å²) in [7, 11) is 0. The molecule has 0 unspecified atom stereocenters.